The molecule has 4 heteroatoms. The first-order valence-corrected chi connectivity index (χ1v) is 8.50. The number of nitrogens with one attached hydrogen (secondary N) is 1. The molecule has 1 unspecified atom stereocenters. The summed E-state index contributed by atoms with van der Waals surface area (Å²) >= 11 is 0. The van der Waals surface area contributed by atoms with Gasteiger partial charge in [-0.3, -0.25) is 0 Å². The third-order valence-corrected chi connectivity index (χ3v) is 4.73. The first-order chi connectivity index (χ1) is 10.0. The van der Waals surface area contributed by atoms with Crippen molar-refractivity contribution in [2.45, 2.75) is 84.1 Å². The summed E-state index contributed by atoms with van der Waals surface area (Å²) in [7, 11) is 2.00. The van der Waals surface area contributed by atoms with Gasteiger partial charge in [0.25, 0.3) is 0 Å². The zero-order valence-corrected chi connectivity index (χ0v) is 14.1. The maximum absolute atomic E-state index is 5.52. The second-order valence-electron chi connectivity index (χ2n) is 7.50. The summed E-state index contributed by atoms with van der Waals surface area (Å²) in [5, 5.41) is 7.64. The number of nitrogens with zero attached hydrogens (tertiary/aromatic N) is 2. The van der Waals surface area contributed by atoms with Crippen LogP contribution in [0.5, 0.6) is 0 Å². The number of hydrogen-bond acceptors (Lipinski definition) is 4. The van der Waals surface area contributed by atoms with Gasteiger partial charge in [-0.2, -0.15) is 4.98 Å². The maximum Gasteiger partial charge on any atom is 0.228 e. The minimum atomic E-state index is 0.184. The molecule has 1 aromatic rings. The second kappa shape index (κ2) is 7.39. The Balaban J connectivity index is 1.99. The van der Waals surface area contributed by atoms with Gasteiger partial charge in [0, 0.05) is 18.4 Å². The Morgan fingerprint density at radius 2 is 1.76 bits per heavy atom. The summed E-state index contributed by atoms with van der Waals surface area (Å²) in [6.07, 6.45) is 9.94. The maximum atomic E-state index is 5.52. The van der Waals surface area contributed by atoms with Gasteiger partial charge in [0.1, 0.15) is 0 Å². The van der Waals surface area contributed by atoms with Gasteiger partial charge < -0.3 is 9.84 Å². The lowest BCUT2D eigenvalue weighted by Crippen LogP contribution is -2.39. The average molecular weight is 293 g/mol. The van der Waals surface area contributed by atoms with E-state index in [9.17, 15) is 0 Å². The Labute approximate surface area is 129 Å². The van der Waals surface area contributed by atoms with E-state index in [0.29, 0.717) is 12.0 Å². The quantitative estimate of drug-likeness (QED) is 0.909. The number of aromatic nitrogens is 2. The highest BCUT2D eigenvalue weighted by atomic mass is 16.5. The van der Waals surface area contributed by atoms with E-state index < -0.39 is 0 Å². The van der Waals surface area contributed by atoms with Crippen LogP contribution in [0.2, 0.25) is 0 Å². The minimum absolute atomic E-state index is 0.184. The molecule has 1 heterocycles. The molecule has 0 aromatic carbocycles. The van der Waals surface area contributed by atoms with E-state index in [-0.39, 0.29) is 5.41 Å². The van der Waals surface area contributed by atoms with Crippen molar-refractivity contribution in [1.82, 2.24) is 15.5 Å². The summed E-state index contributed by atoms with van der Waals surface area (Å²) < 4.78 is 5.52. The van der Waals surface area contributed by atoms with Crippen LogP contribution in [0.25, 0.3) is 0 Å². The first kappa shape index (κ1) is 16.5. The molecule has 1 aliphatic carbocycles. The number of likely N-dealkylation sites (N-methyl/N-ethyl adjacent to an activating group) is 1. The van der Waals surface area contributed by atoms with Gasteiger partial charge in [0.2, 0.25) is 5.89 Å². The topological polar surface area (TPSA) is 51.0 Å². The van der Waals surface area contributed by atoms with Gasteiger partial charge in [-0.1, -0.05) is 58.0 Å². The molecule has 0 saturated heterocycles. The first-order valence-electron chi connectivity index (χ1n) is 8.50. The van der Waals surface area contributed by atoms with Crippen molar-refractivity contribution >= 4 is 0 Å². The van der Waals surface area contributed by atoms with Crippen LogP contribution >= 0.6 is 0 Å². The van der Waals surface area contributed by atoms with Crippen molar-refractivity contribution in [3.05, 3.63) is 11.7 Å². The molecular formula is C17H31N3O. The van der Waals surface area contributed by atoms with Crippen LogP contribution in [0.1, 0.15) is 83.3 Å². The van der Waals surface area contributed by atoms with Gasteiger partial charge in [0.05, 0.1) is 0 Å². The zero-order valence-electron chi connectivity index (χ0n) is 14.1. The van der Waals surface area contributed by atoms with Crippen LogP contribution < -0.4 is 5.32 Å². The molecule has 1 N–H and O–H groups in total. The molecule has 1 aromatic heterocycles. The fraction of sp³-hybridized carbons (Fsp3) is 0.882. The Hall–Kier alpha value is -0.900. The molecule has 1 atom stereocenters. The summed E-state index contributed by atoms with van der Waals surface area (Å²) in [6.45, 7) is 6.71. The van der Waals surface area contributed by atoms with E-state index in [0.717, 1.165) is 18.1 Å². The van der Waals surface area contributed by atoms with Crippen LogP contribution in [0.3, 0.4) is 0 Å². The summed E-state index contributed by atoms with van der Waals surface area (Å²) in [6, 6.07) is 0.350. The summed E-state index contributed by atoms with van der Waals surface area (Å²) in [5.74, 6) is 2.22. The Morgan fingerprint density at radius 3 is 2.33 bits per heavy atom. The predicted molar refractivity (Wildman–Crippen MR) is 85.4 cm³/mol. The van der Waals surface area contributed by atoms with Gasteiger partial charge in [0.15, 0.2) is 5.82 Å². The van der Waals surface area contributed by atoms with Crippen molar-refractivity contribution in [3.8, 4) is 0 Å². The number of hydrogen-bond donors (Lipinski definition) is 1. The van der Waals surface area contributed by atoms with Crippen molar-refractivity contribution < 1.29 is 4.52 Å². The predicted octanol–water partition coefficient (Wildman–Crippen LogP) is 4.07. The molecule has 1 saturated carbocycles. The Morgan fingerprint density at radius 1 is 1.14 bits per heavy atom. The van der Waals surface area contributed by atoms with Crippen LogP contribution in [0, 0.1) is 5.41 Å². The highest BCUT2D eigenvalue weighted by Gasteiger charge is 2.26. The van der Waals surface area contributed by atoms with Crippen molar-refractivity contribution in [3.63, 3.8) is 0 Å². The van der Waals surface area contributed by atoms with E-state index in [4.69, 9.17) is 4.52 Å². The van der Waals surface area contributed by atoms with Gasteiger partial charge in [-0.15, -0.1) is 0 Å². The monoisotopic (exact) mass is 293 g/mol. The van der Waals surface area contributed by atoms with Crippen LogP contribution in [-0.4, -0.2) is 23.2 Å². The van der Waals surface area contributed by atoms with E-state index in [1.807, 2.05) is 7.05 Å². The molecule has 4 nitrogen and oxygen atoms in total. The van der Waals surface area contributed by atoms with Gasteiger partial charge in [-0.25, -0.2) is 0 Å². The van der Waals surface area contributed by atoms with Crippen molar-refractivity contribution in [2.24, 2.45) is 5.41 Å². The average Bonchev–Trinajstić information content (AvgIpc) is 2.82. The molecule has 0 amide bonds. The Bertz CT molecular complexity index is 414. The van der Waals surface area contributed by atoms with Crippen molar-refractivity contribution in [1.29, 1.82) is 0 Å². The van der Waals surface area contributed by atoms with E-state index in [1.54, 1.807) is 0 Å². The van der Waals surface area contributed by atoms with Crippen molar-refractivity contribution in [2.75, 3.05) is 7.05 Å². The standard InChI is InChI=1S/C17H31N3O/c1-17(2,3)14(18-4)12-15-19-16(20-21-15)13-10-8-6-5-7-9-11-13/h13-14,18H,5-12H2,1-4H3. The van der Waals surface area contributed by atoms with E-state index in [1.165, 1.54) is 44.9 Å². The minimum Gasteiger partial charge on any atom is -0.339 e. The molecule has 0 radical (unpaired) electrons. The summed E-state index contributed by atoms with van der Waals surface area (Å²) in [4.78, 5) is 4.69. The molecule has 1 aliphatic rings. The highest BCUT2D eigenvalue weighted by molar-refractivity contribution is 4.98. The second-order valence-corrected chi connectivity index (χ2v) is 7.50. The SMILES string of the molecule is CNC(Cc1nc(C2CCCCCCC2)no1)C(C)(C)C. The third-order valence-electron chi connectivity index (χ3n) is 4.73. The molecule has 0 spiro atoms. The van der Waals surface area contributed by atoms with E-state index in [2.05, 4.69) is 36.2 Å². The molecule has 21 heavy (non-hydrogen) atoms. The third kappa shape index (κ3) is 4.80. The largest absolute Gasteiger partial charge is 0.339 e. The lowest BCUT2D eigenvalue weighted by Gasteiger charge is -2.29. The highest BCUT2D eigenvalue weighted by Crippen LogP contribution is 2.29. The molecular weight excluding hydrogens is 262 g/mol. The lowest BCUT2D eigenvalue weighted by molar-refractivity contribution is 0.254. The smallest absolute Gasteiger partial charge is 0.228 e. The Kier molecular flexibility index (Phi) is 5.80. The molecule has 120 valence electrons. The molecule has 2 rings (SSSR count). The zero-order chi connectivity index (χ0) is 15.3. The fourth-order valence-electron chi connectivity index (χ4n) is 3.25. The number of rotatable bonds is 4. The van der Waals surface area contributed by atoms with Crippen LogP contribution in [-0.2, 0) is 6.42 Å². The van der Waals surface area contributed by atoms with Gasteiger partial charge >= 0.3 is 0 Å². The normalized spacial score (nSPS) is 20.0. The van der Waals surface area contributed by atoms with Gasteiger partial charge in [-0.05, 0) is 25.3 Å². The van der Waals surface area contributed by atoms with Crippen LogP contribution in [0.15, 0.2) is 4.52 Å². The molecule has 1 fully saturated rings. The molecule has 0 bridgehead atoms. The molecule has 0 aliphatic heterocycles. The summed E-state index contributed by atoms with van der Waals surface area (Å²) in [5.41, 5.74) is 0.184. The van der Waals surface area contributed by atoms with Crippen LogP contribution in [0.4, 0.5) is 0 Å². The lowest BCUT2D eigenvalue weighted by atomic mass is 9.85. The fourth-order valence-corrected chi connectivity index (χ4v) is 3.25. The van der Waals surface area contributed by atoms with E-state index >= 15 is 0 Å².